The molecule has 0 aromatic heterocycles. The van der Waals surface area contributed by atoms with Crippen LogP contribution in [0, 0.1) is 0 Å². The molecule has 0 amide bonds. The quantitative estimate of drug-likeness (QED) is 0.758. The Morgan fingerprint density at radius 3 is 1.93 bits per heavy atom. The van der Waals surface area contributed by atoms with Crippen molar-refractivity contribution in [3.8, 4) is 0 Å². The van der Waals surface area contributed by atoms with Gasteiger partial charge in [-0.25, -0.2) is 0 Å². The summed E-state index contributed by atoms with van der Waals surface area (Å²) in [4.78, 5) is 10.5. The Labute approximate surface area is 87.2 Å². The molecule has 0 aliphatic heterocycles. The van der Waals surface area contributed by atoms with Crippen LogP contribution >= 0.6 is 0 Å². The van der Waals surface area contributed by atoms with Gasteiger partial charge in [0.05, 0.1) is 0 Å². The normalized spacial score (nSPS) is 19.6. The third-order valence-electron chi connectivity index (χ3n) is 2.04. The molecule has 0 aromatic rings. The van der Waals surface area contributed by atoms with Crippen LogP contribution in [0.3, 0.4) is 0 Å². The van der Waals surface area contributed by atoms with E-state index >= 15 is 0 Å². The number of carbonyl (C=O) groups is 1. The van der Waals surface area contributed by atoms with Gasteiger partial charge in [0.15, 0.2) is 0 Å². The molecule has 14 heavy (non-hydrogen) atoms. The fraction of sp³-hybridized carbons (Fsp3) is 0.182. The first kappa shape index (κ1) is 9.50. The summed E-state index contributed by atoms with van der Waals surface area (Å²) in [7, 11) is 0. The van der Waals surface area contributed by atoms with E-state index in [4.69, 9.17) is 0 Å². The van der Waals surface area contributed by atoms with Crippen molar-refractivity contribution in [2.24, 2.45) is 0 Å². The molecule has 0 heterocycles. The summed E-state index contributed by atoms with van der Waals surface area (Å²) in [5.41, 5.74) is 0. The Morgan fingerprint density at radius 2 is 1.64 bits per heavy atom. The molecule has 0 bridgehead atoms. The second-order valence-electron chi connectivity index (χ2n) is 2.97. The molecule has 1 N–H and O–H groups in total. The van der Waals surface area contributed by atoms with Gasteiger partial charge in [0.2, 0.25) is 0 Å². The molecule has 0 spiro atoms. The Kier molecular flexibility index (Phi) is 2.71. The van der Waals surface area contributed by atoms with Crippen molar-refractivity contribution in [1.29, 1.82) is 0 Å². The van der Waals surface area contributed by atoms with Gasteiger partial charge in [0.1, 0.15) is 0 Å². The number of allylic oxidation sites excluding steroid dienone is 8. The van der Waals surface area contributed by atoms with E-state index in [0.29, 0.717) is 0 Å². The fourth-order valence-corrected chi connectivity index (χ4v) is 3.79. The van der Waals surface area contributed by atoms with Gasteiger partial charge in [0.25, 0.3) is 0 Å². The average molecular weight is 231 g/mol. The van der Waals surface area contributed by atoms with Crippen LogP contribution in [0.2, 0.25) is 0 Å². The number of carboxylic acid groups (broad SMARTS) is 1. The minimum atomic E-state index is -1.31. The van der Waals surface area contributed by atoms with Crippen molar-refractivity contribution in [1.82, 2.24) is 0 Å². The molecule has 0 aromatic carbocycles. The van der Waals surface area contributed by atoms with E-state index in [0.717, 1.165) is 21.8 Å². The summed E-state index contributed by atoms with van der Waals surface area (Å²) in [6.07, 6.45) is 13.4. The van der Waals surface area contributed by atoms with Crippen molar-refractivity contribution in [3.63, 3.8) is 0 Å². The SMILES string of the molecule is O=[C](O)[Fe]([C]1=CC=CC1)[C]1=CC=CC1. The van der Waals surface area contributed by atoms with Crippen LogP contribution in [-0.2, 0) is 13.9 Å². The molecule has 2 rings (SSSR count). The van der Waals surface area contributed by atoms with Crippen LogP contribution in [0.1, 0.15) is 12.8 Å². The Balaban J connectivity index is 2.20. The van der Waals surface area contributed by atoms with Gasteiger partial charge in [0, 0.05) is 0 Å². The maximum absolute atomic E-state index is 11.2. The molecule has 3 heteroatoms. The van der Waals surface area contributed by atoms with Crippen molar-refractivity contribution in [2.45, 2.75) is 12.8 Å². The van der Waals surface area contributed by atoms with E-state index in [-0.39, 0.29) is 0 Å². The van der Waals surface area contributed by atoms with Crippen LogP contribution in [0.5, 0.6) is 0 Å². The zero-order valence-corrected chi connectivity index (χ0v) is 8.69. The maximum atomic E-state index is 11.2. The average Bonchev–Trinajstić information content (AvgIpc) is 2.75. The summed E-state index contributed by atoms with van der Waals surface area (Å²) < 4.78 is 2.15. The van der Waals surface area contributed by atoms with Gasteiger partial charge in [-0.1, -0.05) is 0 Å². The van der Waals surface area contributed by atoms with Crippen LogP contribution in [0.15, 0.2) is 45.4 Å². The van der Waals surface area contributed by atoms with Crippen molar-refractivity contribution < 1.29 is 23.8 Å². The number of hydrogen-bond acceptors (Lipinski definition) is 1. The molecule has 2 aliphatic carbocycles. The topological polar surface area (TPSA) is 37.3 Å². The van der Waals surface area contributed by atoms with E-state index in [9.17, 15) is 9.90 Å². The third kappa shape index (κ3) is 1.74. The summed E-state index contributed by atoms with van der Waals surface area (Å²) >= 11 is -1.31. The van der Waals surface area contributed by atoms with E-state index in [1.807, 2.05) is 36.5 Å². The van der Waals surface area contributed by atoms with Gasteiger partial charge in [-0.05, 0) is 0 Å². The van der Waals surface area contributed by atoms with E-state index in [2.05, 4.69) is 0 Å². The first-order valence-corrected chi connectivity index (χ1v) is 6.05. The zero-order valence-electron chi connectivity index (χ0n) is 7.59. The third-order valence-corrected chi connectivity index (χ3v) is 4.75. The second-order valence-corrected chi connectivity index (χ2v) is 5.69. The molecule has 2 nitrogen and oxygen atoms in total. The molecule has 2 aliphatic rings. The molecule has 0 saturated heterocycles. The predicted octanol–water partition coefficient (Wildman–Crippen LogP) is 2.97. The Hall–Kier alpha value is -1.05. The minimum absolute atomic E-state index is 0.658. The molecular formula is C11H11FeO2. The monoisotopic (exact) mass is 231 g/mol. The number of rotatable bonds is 3. The summed E-state index contributed by atoms with van der Waals surface area (Å²) in [6, 6.07) is 0. The van der Waals surface area contributed by atoms with Crippen LogP contribution in [0.25, 0.3) is 0 Å². The zero-order chi connectivity index (χ0) is 9.97. The fourth-order valence-electron chi connectivity index (χ4n) is 1.43. The molecule has 75 valence electrons. The van der Waals surface area contributed by atoms with Gasteiger partial charge in [-0.3, -0.25) is 0 Å². The van der Waals surface area contributed by atoms with Crippen molar-refractivity contribution in [2.75, 3.05) is 0 Å². The van der Waals surface area contributed by atoms with Gasteiger partial charge in [-0.2, -0.15) is 0 Å². The van der Waals surface area contributed by atoms with E-state index in [1.54, 1.807) is 0 Å². The van der Waals surface area contributed by atoms with Crippen molar-refractivity contribution >= 4 is 4.87 Å². The standard InChI is InChI=1S/2C5H5.CHO2.Fe/c2*1-2-4-5-3-1;2-1-3;/h2*1-3H,4H2;(H,2,3);. The van der Waals surface area contributed by atoms with Gasteiger partial charge in [-0.15, -0.1) is 0 Å². The molecule has 0 fully saturated rings. The molecule has 0 saturated carbocycles. The number of hydrogen-bond donors (Lipinski definition) is 1. The predicted molar refractivity (Wildman–Crippen MR) is 51.7 cm³/mol. The summed E-state index contributed by atoms with van der Waals surface area (Å²) in [6.45, 7) is 0. The second kappa shape index (κ2) is 3.99. The van der Waals surface area contributed by atoms with Crippen LogP contribution < -0.4 is 0 Å². The molecule has 0 atom stereocenters. The van der Waals surface area contributed by atoms with E-state index < -0.39 is 18.8 Å². The summed E-state index contributed by atoms with van der Waals surface area (Å²) in [5, 5.41) is 9.19. The van der Waals surface area contributed by atoms with E-state index in [1.165, 1.54) is 0 Å². The first-order valence-electron chi connectivity index (χ1n) is 4.39. The molecule has 0 radical (unpaired) electrons. The van der Waals surface area contributed by atoms with Crippen LogP contribution in [-0.4, -0.2) is 9.97 Å². The molecular weight excluding hydrogens is 220 g/mol. The molecule has 0 unspecified atom stereocenters. The van der Waals surface area contributed by atoms with Gasteiger partial charge < -0.3 is 0 Å². The summed E-state index contributed by atoms with van der Waals surface area (Å²) in [5.74, 6) is 0. The van der Waals surface area contributed by atoms with Crippen LogP contribution in [0.4, 0.5) is 4.79 Å². The first-order chi connectivity index (χ1) is 6.79. The Bertz CT molecular complexity index is 345. The Morgan fingerprint density at radius 1 is 1.14 bits per heavy atom. The van der Waals surface area contributed by atoms with Crippen molar-refractivity contribution in [3.05, 3.63) is 45.4 Å². The van der Waals surface area contributed by atoms with Gasteiger partial charge >= 0.3 is 86.9 Å².